The lowest BCUT2D eigenvalue weighted by atomic mass is 9.89. The number of nitrogens with zero attached hydrogens (tertiary/aromatic N) is 1. The SMILES string of the molecule is COC(=O)C1=CC=CC(C(F)(C(F)(F)F)C(F)(F)F)N1Cc1ccc(OC)cc1. The van der Waals surface area contributed by atoms with Gasteiger partial charge in [-0.3, -0.25) is 0 Å². The summed E-state index contributed by atoms with van der Waals surface area (Å²) in [6.07, 6.45) is -10.5. The Hall–Kier alpha value is -2.72. The average molecular weight is 427 g/mol. The first-order chi connectivity index (χ1) is 13.4. The summed E-state index contributed by atoms with van der Waals surface area (Å²) in [7, 11) is 2.26. The predicted molar refractivity (Wildman–Crippen MR) is 87.5 cm³/mol. The van der Waals surface area contributed by atoms with Crippen LogP contribution in [0.4, 0.5) is 30.7 Å². The number of halogens is 7. The Morgan fingerprint density at radius 3 is 2.00 bits per heavy atom. The summed E-state index contributed by atoms with van der Waals surface area (Å²) in [5.74, 6) is -0.822. The van der Waals surface area contributed by atoms with Crippen LogP contribution in [0, 0.1) is 0 Å². The van der Waals surface area contributed by atoms with Gasteiger partial charge in [0.15, 0.2) is 0 Å². The molecule has 1 atom stereocenters. The van der Waals surface area contributed by atoms with Crippen LogP contribution in [0.25, 0.3) is 0 Å². The second-order valence-electron chi connectivity index (χ2n) is 6.06. The molecule has 4 nitrogen and oxygen atoms in total. The number of allylic oxidation sites excluding steroid dienone is 2. The second kappa shape index (κ2) is 7.96. The van der Waals surface area contributed by atoms with Gasteiger partial charge in [-0.1, -0.05) is 24.3 Å². The van der Waals surface area contributed by atoms with Crippen LogP contribution in [0.2, 0.25) is 0 Å². The number of rotatable bonds is 5. The van der Waals surface area contributed by atoms with E-state index in [9.17, 15) is 35.5 Å². The molecule has 0 aliphatic carbocycles. The maximum atomic E-state index is 14.8. The molecule has 1 aromatic rings. The van der Waals surface area contributed by atoms with E-state index in [1.807, 2.05) is 0 Å². The fourth-order valence-corrected chi connectivity index (χ4v) is 2.85. The quantitative estimate of drug-likeness (QED) is 0.518. The standard InChI is InChI=1S/C18H16F7NO3/c1-28-12-8-6-11(7-9-12)10-26-13(15(27)29-2)4-3-5-14(26)16(19,17(20,21)22)18(23,24)25/h3-9,14H,10H2,1-2H3. The van der Waals surface area contributed by atoms with Gasteiger partial charge in [-0.15, -0.1) is 0 Å². The van der Waals surface area contributed by atoms with Crippen molar-refractivity contribution >= 4 is 5.97 Å². The van der Waals surface area contributed by atoms with E-state index in [0.717, 1.165) is 19.3 Å². The number of ether oxygens (including phenoxy) is 2. The van der Waals surface area contributed by atoms with E-state index in [4.69, 9.17) is 4.74 Å². The van der Waals surface area contributed by atoms with E-state index in [-0.39, 0.29) is 5.56 Å². The zero-order chi connectivity index (χ0) is 22.0. The highest BCUT2D eigenvalue weighted by Crippen LogP contribution is 2.51. The molecule has 0 saturated carbocycles. The number of carbonyl (C=O) groups excluding carboxylic acids is 1. The maximum absolute atomic E-state index is 14.8. The number of hydrogen-bond donors (Lipinski definition) is 0. The van der Waals surface area contributed by atoms with E-state index in [0.29, 0.717) is 16.7 Å². The topological polar surface area (TPSA) is 38.8 Å². The summed E-state index contributed by atoms with van der Waals surface area (Å²) >= 11 is 0. The van der Waals surface area contributed by atoms with Crippen molar-refractivity contribution in [3.05, 3.63) is 53.8 Å². The van der Waals surface area contributed by atoms with Crippen molar-refractivity contribution in [3.63, 3.8) is 0 Å². The number of benzene rings is 1. The Kier molecular flexibility index (Phi) is 6.19. The van der Waals surface area contributed by atoms with Crippen LogP contribution >= 0.6 is 0 Å². The van der Waals surface area contributed by atoms with Gasteiger partial charge in [0.25, 0.3) is 0 Å². The molecule has 160 valence electrons. The summed E-state index contributed by atoms with van der Waals surface area (Å²) in [4.78, 5) is 12.4. The number of methoxy groups -OCH3 is 2. The summed E-state index contributed by atoms with van der Waals surface area (Å²) < 4.78 is 104. The number of hydrogen-bond acceptors (Lipinski definition) is 4. The fourth-order valence-electron chi connectivity index (χ4n) is 2.85. The lowest BCUT2D eigenvalue weighted by Crippen LogP contribution is -2.65. The third-order valence-electron chi connectivity index (χ3n) is 4.33. The van der Waals surface area contributed by atoms with Crippen molar-refractivity contribution in [2.75, 3.05) is 14.2 Å². The fraction of sp³-hybridized carbons (Fsp3) is 0.389. The first kappa shape index (κ1) is 22.6. The highest BCUT2D eigenvalue weighted by Gasteiger charge is 2.77. The third-order valence-corrected chi connectivity index (χ3v) is 4.33. The predicted octanol–water partition coefficient (Wildman–Crippen LogP) is 4.33. The van der Waals surface area contributed by atoms with Crippen LogP contribution in [-0.4, -0.2) is 49.2 Å². The van der Waals surface area contributed by atoms with Crippen LogP contribution in [-0.2, 0) is 16.1 Å². The Bertz CT molecular complexity index is 783. The van der Waals surface area contributed by atoms with Gasteiger partial charge < -0.3 is 14.4 Å². The van der Waals surface area contributed by atoms with Gasteiger partial charge in [0.1, 0.15) is 17.5 Å². The summed E-state index contributed by atoms with van der Waals surface area (Å²) in [5, 5.41) is 0. The molecule has 1 aromatic carbocycles. The van der Waals surface area contributed by atoms with Crippen molar-refractivity contribution in [1.82, 2.24) is 4.90 Å². The molecule has 2 rings (SSSR count). The zero-order valence-electron chi connectivity index (χ0n) is 15.1. The number of alkyl halides is 7. The smallest absolute Gasteiger partial charge is 0.434 e. The minimum atomic E-state index is -6.29. The van der Waals surface area contributed by atoms with E-state index in [1.165, 1.54) is 31.4 Å². The zero-order valence-corrected chi connectivity index (χ0v) is 15.1. The van der Waals surface area contributed by atoms with Crippen molar-refractivity contribution < 1.29 is 45.0 Å². The first-order valence-electron chi connectivity index (χ1n) is 8.05. The molecule has 1 unspecified atom stereocenters. The Labute approximate surface area is 161 Å². The lowest BCUT2D eigenvalue weighted by molar-refractivity contribution is -0.352. The van der Waals surface area contributed by atoms with Crippen molar-refractivity contribution in [2.45, 2.75) is 30.6 Å². The second-order valence-corrected chi connectivity index (χ2v) is 6.06. The van der Waals surface area contributed by atoms with E-state index < -0.39 is 42.3 Å². The van der Waals surface area contributed by atoms with Gasteiger partial charge in [-0.25, -0.2) is 9.18 Å². The summed E-state index contributed by atoms with van der Waals surface area (Å²) in [6, 6.07) is 2.68. The molecule has 0 radical (unpaired) electrons. The van der Waals surface area contributed by atoms with Crippen molar-refractivity contribution in [3.8, 4) is 5.75 Å². The molecule has 1 aliphatic rings. The molecule has 0 N–H and O–H groups in total. The van der Waals surface area contributed by atoms with Crippen LogP contribution in [0.5, 0.6) is 5.75 Å². The van der Waals surface area contributed by atoms with Crippen LogP contribution in [0.3, 0.4) is 0 Å². The van der Waals surface area contributed by atoms with Gasteiger partial charge >= 0.3 is 24.0 Å². The van der Waals surface area contributed by atoms with Crippen LogP contribution in [0.15, 0.2) is 48.2 Å². The molecule has 0 amide bonds. The first-order valence-corrected chi connectivity index (χ1v) is 8.05. The van der Waals surface area contributed by atoms with Gasteiger partial charge in [-0.05, 0) is 23.8 Å². The van der Waals surface area contributed by atoms with Crippen molar-refractivity contribution in [2.24, 2.45) is 0 Å². The molecular weight excluding hydrogens is 411 g/mol. The highest BCUT2D eigenvalue weighted by molar-refractivity contribution is 5.88. The van der Waals surface area contributed by atoms with Crippen LogP contribution in [0.1, 0.15) is 5.56 Å². The maximum Gasteiger partial charge on any atom is 0.434 e. The van der Waals surface area contributed by atoms with Gasteiger partial charge in [-0.2, -0.15) is 26.3 Å². The number of carbonyl (C=O) groups is 1. The molecule has 0 fully saturated rings. The third kappa shape index (κ3) is 4.18. The summed E-state index contributed by atoms with van der Waals surface area (Å²) in [6.45, 7) is -0.627. The van der Waals surface area contributed by atoms with E-state index in [1.54, 1.807) is 0 Å². The Balaban J connectivity index is 2.57. The van der Waals surface area contributed by atoms with Gasteiger partial charge in [0, 0.05) is 6.54 Å². The lowest BCUT2D eigenvalue weighted by Gasteiger charge is -2.43. The molecule has 0 spiro atoms. The molecular formula is C18H16F7NO3. The Morgan fingerprint density at radius 1 is 1.00 bits per heavy atom. The number of esters is 1. The Morgan fingerprint density at radius 2 is 1.55 bits per heavy atom. The largest absolute Gasteiger partial charge is 0.497 e. The molecule has 29 heavy (non-hydrogen) atoms. The van der Waals surface area contributed by atoms with Crippen molar-refractivity contribution in [1.29, 1.82) is 0 Å². The van der Waals surface area contributed by atoms with Gasteiger partial charge in [0.2, 0.25) is 0 Å². The van der Waals surface area contributed by atoms with E-state index >= 15 is 0 Å². The molecule has 1 heterocycles. The average Bonchev–Trinajstić information content (AvgIpc) is 2.65. The normalized spacial score (nSPS) is 17.8. The molecule has 11 heteroatoms. The minimum Gasteiger partial charge on any atom is -0.497 e. The van der Waals surface area contributed by atoms with E-state index in [2.05, 4.69) is 4.74 Å². The minimum absolute atomic E-state index is 0.215. The molecule has 1 aliphatic heterocycles. The highest BCUT2D eigenvalue weighted by atomic mass is 19.4. The summed E-state index contributed by atoms with van der Waals surface area (Å²) in [5.41, 5.74) is -6.06. The van der Waals surface area contributed by atoms with Crippen LogP contribution < -0.4 is 4.74 Å². The monoisotopic (exact) mass is 427 g/mol. The van der Waals surface area contributed by atoms with Gasteiger partial charge in [0.05, 0.1) is 14.2 Å². The molecule has 0 saturated heterocycles. The molecule has 0 aromatic heterocycles. The molecule has 0 bridgehead atoms.